The van der Waals surface area contributed by atoms with Crippen LogP contribution >= 0.6 is 0 Å². The summed E-state index contributed by atoms with van der Waals surface area (Å²) in [6.07, 6.45) is 5.89. The van der Waals surface area contributed by atoms with Gasteiger partial charge in [-0.3, -0.25) is 9.78 Å². The van der Waals surface area contributed by atoms with E-state index in [1.807, 2.05) is 0 Å². The quantitative estimate of drug-likeness (QED) is 0.694. The van der Waals surface area contributed by atoms with Gasteiger partial charge in [-0.05, 0) is 37.2 Å². The fourth-order valence-electron chi connectivity index (χ4n) is 2.71. The third-order valence-corrected chi connectivity index (χ3v) is 3.60. The Kier molecular flexibility index (Phi) is 1.87. The molecule has 2 nitrogen and oxygen atoms in total. The molecule has 0 N–H and O–H groups in total. The summed E-state index contributed by atoms with van der Waals surface area (Å²) in [5.74, 6) is 1.33. The van der Waals surface area contributed by atoms with E-state index in [2.05, 4.69) is 4.98 Å². The first-order valence-corrected chi connectivity index (χ1v) is 5.39. The van der Waals surface area contributed by atoms with Crippen molar-refractivity contribution in [3.05, 3.63) is 29.8 Å². The number of carbonyl (C=O) groups is 1. The van der Waals surface area contributed by atoms with E-state index in [4.69, 9.17) is 0 Å². The van der Waals surface area contributed by atoms with Crippen LogP contribution in [0.3, 0.4) is 0 Å². The Balaban J connectivity index is 1.79. The summed E-state index contributed by atoms with van der Waals surface area (Å²) in [5.41, 5.74) is 0.432. The first-order valence-electron chi connectivity index (χ1n) is 5.39. The Labute approximate surface area is 87.5 Å². The summed E-state index contributed by atoms with van der Waals surface area (Å²) in [7, 11) is 0. The van der Waals surface area contributed by atoms with Gasteiger partial charge in [-0.1, -0.05) is 0 Å². The largest absolute Gasteiger partial charge is 0.294 e. The van der Waals surface area contributed by atoms with Gasteiger partial charge in [0.2, 0.25) is 0 Å². The maximum Gasteiger partial charge on any atom is 0.167 e. The van der Waals surface area contributed by atoms with E-state index in [-0.39, 0.29) is 11.7 Å². The van der Waals surface area contributed by atoms with Crippen LogP contribution in [0.15, 0.2) is 18.5 Å². The Morgan fingerprint density at radius 1 is 1.27 bits per heavy atom. The van der Waals surface area contributed by atoms with Crippen molar-refractivity contribution in [1.82, 2.24) is 4.98 Å². The Bertz CT molecular complexity index is 408. The molecule has 2 aliphatic rings. The van der Waals surface area contributed by atoms with Crippen molar-refractivity contribution in [3.63, 3.8) is 0 Å². The number of pyridine rings is 1. The molecule has 0 radical (unpaired) electrons. The number of hydrogen-bond donors (Lipinski definition) is 0. The van der Waals surface area contributed by atoms with E-state index < -0.39 is 5.82 Å². The Morgan fingerprint density at radius 3 is 2.67 bits per heavy atom. The van der Waals surface area contributed by atoms with Crippen molar-refractivity contribution < 1.29 is 9.18 Å². The molecule has 78 valence electrons. The average molecular weight is 205 g/mol. The molecule has 0 spiro atoms. The van der Waals surface area contributed by atoms with E-state index in [1.54, 1.807) is 0 Å². The van der Waals surface area contributed by atoms with E-state index in [9.17, 15) is 9.18 Å². The minimum Gasteiger partial charge on any atom is -0.294 e. The zero-order valence-electron chi connectivity index (χ0n) is 8.32. The normalized spacial score (nSPS) is 32.5. The lowest BCUT2D eigenvalue weighted by Gasteiger charge is -2.09. The Hall–Kier alpha value is -1.25. The van der Waals surface area contributed by atoms with Crippen LogP contribution in [0, 0.1) is 23.6 Å². The topological polar surface area (TPSA) is 30.0 Å². The molecular formula is C12H12FNO. The maximum atomic E-state index is 12.9. The first kappa shape index (κ1) is 9.01. The summed E-state index contributed by atoms with van der Waals surface area (Å²) >= 11 is 0. The van der Waals surface area contributed by atoms with Crippen molar-refractivity contribution in [3.8, 4) is 0 Å². The fraction of sp³-hybridized carbons (Fsp3) is 0.500. The van der Waals surface area contributed by atoms with Gasteiger partial charge in [-0.2, -0.15) is 0 Å². The SMILES string of the molecule is O=C(c1cncc(F)c1)C1CC2CC2C1. The molecule has 1 aromatic heterocycles. The van der Waals surface area contributed by atoms with Crippen LogP contribution in [0.5, 0.6) is 0 Å². The third-order valence-electron chi connectivity index (χ3n) is 3.60. The van der Waals surface area contributed by atoms with Crippen LogP contribution in [0.25, 0.3) is 0 Å². The number of halogens is 1. The number of rotatable bonds is 2. The monoisotopic (exact) mass is 205 g/mol. The predicted octanol–water partition coefficient (Wildman–Crippen LogP) is 2.45. The molecule has 2 fully saturated rings. The van der Waals surface area contributed by atoms with Gasteiger partial charge in [-0.15, -0.1) is 0 Å². The standard InChI is InChI=1S/C12H12FNO/c13-11-4-10(5-14-6-11)12(15)9-2-7-1-8(7)3-9/h4-9H,1-3H2. The molecule has 15 heavy (non-hydrogen) atoms. The predicted molar refractivity (Wildman–Crippen MR) is 52.8 cm³/mol. The van der Waals surface area contributed by atoms with Gasteiger partial charge in [0, 0.05) is 17.7 Å². The number of aromatic nitrogens is 1. The second-order valence-corrected chi connectivity index (χ2v) is 4.68. The highest BCUT2D eigenvalue weighted by Gasteiger charge is 2.48. The molecule has 2 unspecified atom stereocenters. The van der Waals surface area contributed by atoms with E-state index in [0.717, 1.165) is 30.9 Å². The lowest BCUT2D eigenvalue weighted by molar-refractivity contribution is 0.0913. The number of Topliss-reactive ketones (excluding diaryl/α,β-unsaturated/α-hetero) is 1. The number of fused-ring (bicyclic) bond motifs is 1. The summed E-state index contributed by atoms with van der Waals surface area (Å²) < 4.78 is 12.9. The molecule has 1 aromatic rings. The fourth-order valence-corrected chi connectivity index (χ4v) is 2.71. The van der Waals surface area contributed by atoms with Crippen LogP contribution in [-0.2, 0) is 0 Å². The lowest BCUT2D eigenvalue weighted by Crippen LogP contribution is -2.13. The first-order chi connectivity index (χ1) is 7.24. The van der Waals surface area contributed by atoms with Gasteiger partial charge in [0.15, 0.2) is 5.78 Å². The third kappa shape index (κ3) is 1.56. The van der Waals surface area contributed by atoms with E-state index >= 15 is 0 Å². The van der Waals surface area contributed by atoms with Gasteiger partial charge in [0.25, 0.3) is 0 Å². The number of carbonyl (C=O) groups excluding carboxylic acids is 1. The summed E-state index contributed by atoms with van der Waals surface area (Å²) in [6, 6.07) is 1.29. The van der Waals surface area contributed by atoms with Gasteiger partial charge in [0.1, 0.15) is 5.82 Å². The van der Waals surface area contributed by atoms with E-state index in [1.165, 1.54) is 18.7 Å². The van der Waals surface area contributed by atoms with Gasteiger partial charge >= 0.3 is 0 Å². The van der Waals surface area contributed by atoms with Crippen molar-refractivity contribution in [2.75, 3.05) is 0 Å². The zero-order valence-corrected chi connectivity index (χ0v) is 8.32. The highest BCUT2D eigenvalue weighted by molar-refractivity contribution is 5.97. The number of ketones is 1. The molecule has 0 saturated heterocycles. The van der Waals surface area contributed by atoms with Gasteiger partial charge in [-0.25, -0.2) is 4.39 Å². The molecule has 2 saturated carbocycles. The molecule has 0 aliphatic heterocycles. The van der Waals surface area contributed by atoms with Gasteiger partial charge < -0.3 is 0 Å². The Morgan fingerprint density at radius 2 is 2.00 bits per heavy atom. The highest BCUT2D eigenvalue weighted by atomic mass is 19.1. The summed E-state index contributed by atoms with van der Waals surface area (Å²) in [5, 5.41) is 0. The average Bonchev–Trinajstić information content (AvgIpc) is 2.85. The smallest absolute Gasteiger partial charge is 0.167 e. The molecule has 3 heteroatoms. The molecule has 0 bridgehead atoms. The highest BCUT2D eigenvalue weighted by Crippen LogP contribution is 2.54. The molecule has 0 aromatic carbocycles. The van der Waals surface area contributed by atoms with Crippen molar-refractivity contribution in [1.29, 1.82) is 0 Å². The van der Waals surface area contributed by atoms with Crippen LogP contribution < -0.4 is 0 Å². The second-order valence-electron chi connectivity index (χ2n) is 4.68. The van der Waals surface area contributed by atoms with Crippen molar-refractivity contribution in [2.45, 2.75) is 19.3 Å². The molecule has 0 amide bonds. The minimum atomic E-state index is -0.427. The molecule has 3 rings (SSSR count). The lowest BCUT2D eigenvalue weighted by atomic mass is 9.94. The molecule has 2 atom stereocenters. The van der Waals surface area contributed by atoms with Crippen LogP contribution in [0.1, 0.15) is 29.6 Å². The summed E-state index contributed by atoms with van der Waals surface area (Å²) in [4.78, 5) is 15.7. The molecular weight excluding hydrogens is 193 g/mol. The number of nitrogens with zero attached hydrogens (tertiary/aromatic N) is 1. The van der Waals surface area contributed by atoms with Crippen molar-refractivity contribution >= 4 is 5.78 Å². The van der Waals surface area contributed by atoms with Crippen molar-refractivity contribution in [2.24, 2.45) is 17.8 Å². The van der Waals surface area contributed by atoms with Gasteiger partial charge in [0.05, 0.1) is 6.20 Å². The zero-order chi connectivity index (χ0) is 10.4. The second kappa shape index (κ2) is 3.12. The van der Waals surface area contributed by atoms with E-state index in [0.29, 0.717) is 5.56 Å². The maximum absolute atomic E-state index is 12.9. The number of hydrogen-bond acceptors (Lipinski definition) is 2. The molecule has 1 heterocycles. The molecule has 2 aliphatic carbocycles. The summed E-state index contributed by atoms with van der Waals surface area (Å²) in [6.45, 7) is 0. The minimum absolute atomic E-state index is 0.0780. The van der Waals surface area contributed by atoms with Crippen LogP contribution in [0.4, 0.5) is 4.39 Å². The van der Waals surface area contributed by atoms with Crippen LogP contribution in [0.2, 0.25) is 0 Å². The van der Waals surface area contributed by atoms with Crippen LogP contribution in [-0.4, -0.2) is 10.8 Å².